The van der Waals surface area contributed by atoms with Gasteiger partial charge in [0, 0.05) is 17.1 Å². The van der Waals surface area contributed by atoms with Crippen molar-refractivity contribution in [2.24, 2.45) is 0 Å². The topological polar surface area (TPSA) is 84.2 Å². The van der Waals surface area contributed by atoms with Crippen molar-refractivity contribution < 1.29 is 9.32 Å². The first kappa shape index (κ1) is 18.7. The second kappa shape index (κ2) is 9.02. The van der Waals surface area contributed by atoms with Crippen LogP contribution in [-0.4, -0.2) is 46.1 Å². The summed E-state index contributed by atoms with van der Waals surface area (Å²) in [7, 11) is 1.90. The van der Waals surface area contributed by atoms with Crippen molar-refractivity contribution in [3.63, 3.8) is 0 Å². The van der Waals surface area contributed by atoms with E-state index in [-0.39, 0.29) is 5.91 Å². The van der Waals surface area contributed by atoms with Crippen LogP contribution in [0.4, 0.5) is 5.82 Å². The van der Waals surface area contributed by atoms with Gasteiger partial charge in [-0.1, -0.05) is 11.2 Å². The molecule has 0 saturated carbocycles. The molecule has 0 atom stereocenters. The number of pyridine rings is 1. The fraction of sp³-hybridized carbons (Fsp3) is 0.294. The highest BCUT2D eigenvalue weighted by molar-refractivity contribution is 9.10. The van der Waals surface area contributed by atoms with E-state index in [2.05, 4.69) is 36.4 Å². The Labute approximate surface area is 163 Å². The maximum atomic E-state index is 12.0. The maximum Gasteiger partial charge on any atom is 0.239 e. The molecule has 0 radical (unpaired) electrons. The van der Waals surface area contributed by atoms with Crippen LogP contribution in [0.5, 0.6) is 0 Å². The molecule has 0 bridgehead atoms. The molecule has 3 rings (SSSR count). The highest BCUT2D eigenvalue weighted by Gasteiger charge is 2.11. The Kier molecular flexibility index (Phi) is 6.48. The molecule has 3 heterocycles. The summed E-state index contributed by atoms with van der Waals surface area (Å²) < 4.78 is 6.15. The molecule has 26 heavy (non-hydrogen) atoms. The van der Waals surface area contributed by atoms with Crippen LogP contribution in [0.3, 0.4) is 0 Å². The second-order valence-corrected chi connectivity index (χ2v) is 7.60. The van der Waals surface area contributed by atoms with Gasteiger partial charge in [-0.25, -0.2) is 4.98 Å². The first-order valence-electron chi connectivity index (χ1n) is 8.06. The zero-order valence-corrected chi connectivity index (χ0v) is 16.6. The number of rotatable bonds is 8. The molecule has 0 aliphatic rings. The van der Waals surface area contributed by atoms with Crippen molar-refractivity contribution in [1.82, 2.24) is 20.0 Å². The second-order valence-electron chi connectivity index (χ2n) is 5.74. The van der Waals surface area contributed by atoms with E-state index >= 15 is 0 Å². The van der Waals surface area contributed by atoms with Crippen molar-refractivity contribution in [2.45, 2.75) is 12.8 Å². The van der Waals surface area contributed by atoms with E-state index in [0.717, 1.165) is 22.3 Å². The van der Waals surface area contributed by atoms with Crippen LogP contribution >= 0.6 is 27.3 Å². The number of thiophene rings is 1. The Morgan fingerprint density at radius 3 is 3.00 bits per heavy atom. The molecule has 0 saturated heterocycles. The monoisotopic (exact) mass is 435 g/mol. The third kappa shape index (κ3) is 5.45. The van der Waals surface area contributed by atoms with Gasteiger partial charge >= 0.3 is 0 Å². The molecular weight excluding hydrogens is 418 g/mol. The molecule has 0 aromatic carbocycles. The number of likely N-dealkylation sites (N-methyl/N-ethyl adjacent to an activating group) is 1. The third-order valence-corrected chi connectivity index (χ3v) is 4.88. The maximum absolute atomic E-state index is 12.0. The van der Waals surface area contributed by atoms with Crippen LogP contribution < -0.4 is 5.32 Å². The van der Waals surface area contributed by atoms with Gasteiger partial charge in [-0.2, -0.15) is 4.98 Å². The van der Waals surface area contributed by atoms with E-state index in [1.165, 1.54) is 0 Å². The normalized spacial score (nSPS) is 11.0. The van der Waals surface area contributed by atoms with Gasteiger partial charge in [0.25, 0.3) is 0 Å². The Bertz CT molecular complexity index is 835. The quantitative estimate of drug-likeness (QED) is 0.582. The van der Waals surface area contributed by atoms with Crippen LogP contribution in [-0.2, 0) is 11.2 Å². The van der Waals surface area contributed by atoms with Crippen LogP contribution in [0.1, 0.15) is 12.3 Å². The summed E-state index contributed by atoms with van der Waals surface area (Å²) in [5.41, 5.74) is 0. The number of nitrogens with zero attached hydrogens (tertiary/aromatic N) is 4. The van der Waals surface area contributed by atoms with Gasteiger partial charge in [-0.05, 0) is 59.5 Å². The van der Waals surface area contributed by atoms with Crippen molar-refractivity contribution in [1.29, 1.82) is 0 Å². The summed E-state index contributed by atoms with van der Waals surface area (Å²) in [6, 6.07) is 7.51. The number of amides is 1. The van der Waals surface area contributed by atoms with E-state index in [0.29, 0.717) is 30.5 Å². The molecule has 1 amide bonds. The molecule has 0 aliphatic heterocycles. The first-order valence-corrected chi connectivity index (χ1v) is 9.74. The number of aromatic nitrogens is 3. The standard InChI is InChI=1S/C17H18BrN5O2S/c1-23(11-15(24)20-14-7-6-12(18)10-19-14)8-2-5-16-21-17(22-25-16)13-4-3-9-26-13/h3-4,6-7,9-10H,2,5,8,11H2,1H3,(H,19,20,24). The van der Waals surface area contributed by atoms with Crippen LogP contribution in [0.15, 0.2) is 44.8 Å². The zero-order valence-electron chi connectivity index (χ0n) is 14.2. The molecule has 3 aromatic heterocycles. The Balaban J connectivity index is 1.39. The van der Waals surface area contributed by atoms with E-state index in [1.807, 2.05) is 35.5 Å². The lowest BCUT2D eigenvalue weighted by molar-refractivity contribution is -0.117. The summed E-state index contributed by atoms with van der Waals surface area (Å²) in [5.74, 6) is 1.69. The molecule has 7 nitrogen and oxygen atoms in total. The lowest BCUT2D eigenvalue weighted by Gasteiger charge is -2.15. The van der Waals surface area contributed by atoms with Gasteiger partial charge in [-0.3, -0.25) is 9.69 Å². The molecule has 3 aromatic rings. The number of anilines is 1. The number of hydrogen-bond donors (Lipinski definition) is 1. The molecule has 0 fully saturated rings. The minimum Gasteiger partial charge on any atom is -0.339 e. The van der Waals surface area contributed by atoms with E-state index in [9.17, 15) is 4.79 Å². The summed E-state index contributed by atoms with van der Waals surface area (Å²) >= 11 is 4.89. The Morgan fingerprint density at radius 1 is 1.38 bits per heavy atom. The molecule has 1 N–H and O–H groups in total. The fourth-order valence-electron chi connectivity index (χ4n) is 2.32. The molecule has 0 spiro atoms. The SMILES string of the molecule is CN(CCCc1nc(-c2cccs2)no1)CC(=O)Nc1ccc(Br)cn1. The van der Waals surface area contributed by atoms with Gasteiger partial charge in [0.05, 0.1) is 11.4 Å². The Morgan fingerprint density at radius 2 is 2.27 bits per heavy atom. The highest BCUT2D eigenvalue weighted by atomic mass is 79.9. The molecule has 136 valence electrons. The fourth-order valence-corrected chi connectivity index (χ4v) is 3.20. The Hall–Kier alpha value is -2.10. The molecular formula is C17H18BrN5O2S. The number of halogens is 1. The zero-order chi connectivity index (χ0) is 18.4. The lowest BCUT2D eigenvalue weighted by atomic mass is 10.3. The lowest BCUT2D eigenvalue weighted by Crippen LogP contribution is -2.31. The average Bonchev–Trinajstić information content (AvgIpc) is 3.28. The highest BCUT2D eigenvalue weighted by Crippen LogP contribution is 2.21. The molecule has 9 heteroatoms. The van der Waals surface area contributed by atoms with E-state index < -0.39 is 0 Å². The summed E-state index contributed by atoms with van der Waals surface area (Å²) in [5, 5.41) is 8.75. The number of aryl methyl sites for hydroxylation is 1. The van der Waals surface area contributed by atoms with Gasteiger partial charge < -0.3 is 9.84 Å². The minimum absolute atomic E-state index is 0.0971. The summed E-state index contributed by atoms with van der Waals surface area (Å²) in [6.07, 6.45) is 3.15. The summed E-state index contributed by atoms with van der Waals surface area (Å²) in [4.78, 5) is 23.5. The summed E-state index contributed by atoms with van der Waals surface area (Å²) in [6.45, 7) is 1.04. The van der Waals surface area contributed by atoms with Crippen molar-refractivity contribution in [3.8, 4) is 10.7 Å². The van der Waals surface area contributed by atoms with Crippen molar-refractivity contribution >= 4 is 39.0 Å². The number of carbonyl (C=O) groups excluding carboxylic acids is 1. The largest absolute Gasteiger partial charge is 0.339 e. The average molecular weight is 436 g/mol. The molecule has 0 unspecified atom stereocenters. The predicted molar refractivity (Wildman–Crippen MR) is 104 cm³/mol. The smallest absolute Gasteiger partial charge is 0.239 e. The number of carbonyl (C=O) groups is 1. The third-order valence-electron chi connectivity index (χ3n) is 3.55. The molecule has 0 aliphatic carbocycles. The van der Waals surface area contributed by atoms with Gasteiger partial charge in [-0.15, -0.1) is 11.3 Å². The van der Waals surface area contributed by atoms with E-state index in [1.54, 1.807) is 23.6 Å². The van der Waals surface area contributed by atoms with E-state index in [4.69, 9.17) is 4.52 Å². The van der Waals surface area contributed by atoms with Gasteiger partial charge in [0.15, 0.2) is 0 Å². The number of hydrogen-bond acceptors (Lipinski definition) is 7. The van der Waals surface area contributed by atoms with Crippen LogP contribution in [0.2, 0.25) is 0 Å². The first-order chi connectivity index (χ1) is 12.6. The van der Waals surface area contributed by atoms with Gasteiger partial charge in [0.1, 0.15) is 5.82 Å². The predicted octanol–water partition coefficient (Wildman–Crippen LogP) is 3.46. The van der Waals surface area contributed by atoms with Crippen molar-refractivity contribution in [2.75, 3.05) is 25.5 Å². The van der Waals surface area contributed by atoms with Crippen LogP contribution in [0, 0.1) is 0 Å². The van der Waals surface area contributed by atoms with Gasteiger partial charge in [0.2, 0.25) is 17.6 Å². The van der Waals surface area contributed by atoms with Crippen molar-refractivity contribution in [3.05, 3.63) is 46.2 Å². The number of nitrogens with one attached hydrogen (secondary N) is 1. The van der Waals surface area contributed by atoms with Crippen LogP contribution in [0.25, 0.3) is 10.7 Å². The minimum atomic E-state index is -0.0971.